The van der Waals surface area contributed by atoms with Crippen LogP contribution in [0.3, 0.4) is 0 Å². The molecular formula is C16H12N2O. The van der Waals surface area contributed by atoms with Crippen molar-refractivity contribution in [3.05, 3.63) is 66.0 Å². The van der Waals surface area contributed by atoms with Gasteiger partial charge in [0.15, 0.2) is 0 Å². The molecule has 0 N–H and O–H groups in total. The Morgan fingerprint density at radius 1 is 1.26 bits per heavy atom. The summed E-state index contributed by atoms with van der Waals surface area (Å²) in [6.45, 7) is 0. The van der Waals surface area contributed by atoms with Gasteiger partial charge in [-0.15, -0.1) is 0 Å². The van der Waals surface area contributed by atoms with E-state index in [1.54, 1.807) is 6.20 Å². The Kier molecular flexibility index (Phi) is 2.99. The monoisotopic (exact) mass is 248 g/mol. The molecule has 0 spiro atoms. The van der Waals surface area contributed by atoms with E-state index in [2.05, 4.69) is 17.1 Å². The summed E-state index contributed by atoms with van der Waals surface area (Å²) in [6.07, 6.45) is 3.90. The second kappa shape index (κ2) is 4.95. The van der Waals surface area contributed by atoms with Gasteiger partial charge in [0.2, 0.25) is 0 Å². The first-order chi connectivity index (χ1) is 9.38. The Labute approximate surface area is 111 Å². The Hall–Kier alpha value is -2.60. The standard InChI is InChI=1S/C16H12N2O/c17-9-8-13(14-6-3-4-10-18-14)16-11-12-5-1-2-7-15(12)19-16/h1-8,10,16H,11H2. The SMILES string of the molecule is N#CC=C(c1ccccn1)C1Cc2ccccc2O1. The molecule has 1 unspecified atom stereocenters. The van der Waals surface area contributed by atoms with Crippen LogP contribution in [0.25, 0.3) is 5.57 Å². The molecule has 0 radical (unpaired) electrons. The van der Waals surface area contributed by atoms with E-state index in [0.717, 1.165) is 23.4 Å². The van der Waals surface area contributed by atoms with Crippen LogP contribution in [0.4, 0.5) is 0 Å². The van der Waals surface area contributed by atoms with Gasteiger partial charge in [-0.25, -0.2) is 0 Å². The van der Waals surface area contributed by atoms with Crippen LogP contribution in [-0.2, 0) is 6.42 Å². The van der Waals surface area contributed by atoms with Gasteiger partial charge in [-0.1, -0.05) is 24.3 Å². The van der Waals surface area contributed by atoms with E-state index in [1.165, 1.54) is 11.6 Å². The highest BCUT2D eigenvalue weighted by molar-refractivity contribution is 5.70. The van der Waals surface area contributed by atoms with E-state index in [-0.39, 0.29) is 6.10 Å². The fourth-order valence-electron chi connectivity index (χ4n) is 2.29. The van der Waals surface area contributed by atoms with Gasteiger partial charge in [0.25, 0.3) is 0 Å². The van der Waals surface area contributed by atoms with Crippen LogP contribution in [0.15, 0.2) is 54.7 Å². The van der Waals surface area contributed by atoms with Crippen molar-refractivity contribution in [2.45, 2.75) is 12.5 Å². The Morgan fingerprint density at radius 2 is 2.11 bits per heavy atom. The van der Waals surface area contributed by atoms with E-state index < -0.39 is 0 Å². The van der Waals surface area contributed by atoms with E-state index in [9.17, 15) is 0 Å². The molecule has 3 rings (SSSR count). The lowest BCUT2D eigenvalue weighted by atomic mass is 10.0. The summed E-state index contributed by atoms with van der Waals surface area (Å²) in [5, 5.41) is 8.97. The van der Waals surface area contributed by atoms with Crippen molar-refractivity contribution in [3.63, 3.8) is 0 Å². The first-order valence-electron chi connectivity index (χ1n) is 6.14. The normalized spacial score (nSPS) is 17.4. The molecule has 1 aliphatic rings. The molecule has 92 valence electrons. The van der Waals surface area contributed by atoms with E-state index in [1.807, 2.05) is 36.4 Å². The van der Waals surface area contributed by atoms with Crippen LogP contribution >= 0.6 is 0 Å². The number of fused-ring (bicyclic) bond motifs is 1. The summed E-state index contributed by atoms with van der Waals surface area (Å²) in [4.78, 5) is 4.31. The van der Waals surface area contributed by atoms with E-state index in [4.69, 9.17) is 10.00 Å². The lowest BCUT2D eigenvalue weighted by Crippen LogP contribution is -2.16. The molecule has 3 heteroatoms. The van der Waals surface area contributed by atoms with Crippen molar-refractivity contribution in [1.82, 2.24) is 4.98 Å². The number of rotatable bonds is 2. The van der Waals surface area contributed by atoms with Gasteiger partial charge >= 0.3 is 0 Å². The van der Waals surface area contributed by atoms with Crippen molar-refractivity contribution in [2.24, 2.45) is 0 Å². The molecule has 1 aromatic carbocycles. The highest BCUT2D eigenvalue weighted by Gasteiger charge is 2.27. The second-order valence-electron chi connectivity index (χ2n) is 4.36. The molecule has 3 nitrogen and oxygen atoms in total. The quantitative estimate of drug-likeness (QED) is 0.767. The predicted molar refractivity (Wildman–Crippen MR) is 72.4 cm³/mol. The molecule has 0 aliphatic carbocycles. The highest BCUT2D eigenvalue weighted by Crippen LogP contribution is 2.33. The van der Waals surface area contributed by atoms with Gasteiger partial charge < -0.3 is 4.74 Å². The number of ether oxygens (including phenoxy) is 1. The fraction of sp³-hybridized carbons (Fsp3) is 0.125. The third-order valence-corrected chi connectivity index (χ3v) is 3.17. The maximum absolute atomic E-state index is 8.97. The van der Waals surface area contributed by atoms with Crippen LogP contribution in [0.2, 0.25) is 0 Å². The van der Waals surface area contributed by atoms with Gasteiger partial charge in [0, 0.05) is 24.3 Å². The van der Waals surface area contributed by atoms with Crippen molar-refractivity contribution in [1.29, 1.82) is 5.26 Å². The van der Waals surface area contributed by atoms with Gasteiger partial charge in [-0.05, 0) is 23.8 Å². The molecule has 19 heavy (non-hydrogen) atoms. The minimum atomic E-state index is -0.132. The summed E-state index contributed by atoms with van der Waals surface area (Å²) < 4.78 is 5.92. The molecule has 0 saturated carbocycles. The third-order valence-electron chi connectivity index (χ3n) is 3.17. The van der Waals surface area contributed by atoms with E-state index >= 15 is 0 Å². The lowest BCUT2D eigenvalue weighted by Gasteiger charge is -2.13. The highest BCUT2D eigenvalue weighted by atomic mass is 16.5. The topological polar surface area (TPSA) is 45.9 Å². The number of aromatic nitrogens is 1. The summed E-state index contributed by atoms with van der Waals surface area (Å²) in [6, 6.07) is 15.7. The minimum Gasteiger partial charge on any atom is -0.485 e. The molecule has 0 amide bonds. The zero-order valence-corrected chi connectivity index (χ0v) is 10.3. The van der Waals surface area contributed by atoms with Crippen molar-refractivity contribution in [3.8, 4) is 11.8 Å². The average molecular weight is 248 g/mol. The number of benzene rings is 1. The number of hydrogen-bond acceptors (Lipinski definition) is 3. The Morgan fingerprint density at radius 3 is 2.84 bits per heavy atom. The van der Waals surface area contributed by atoms with Crippen LogP contribution in [0, 0.1) is 11.3 Å². The maximum atomic E-state index is 8.97. The first kappa shape index (κ1) is 11.5. The molecule has 2 aromatic rings. The number of allylic oxidation sites excluding steroid dienone is 1. The molecular weight excluding hydrogens is 236 g/mol. The molecule has 0 saturated heterocycles. The summed E-state index contributed by atoms with van der Waals surface area (Å²) >= 11 is 0. The first-order valence-corrected chi connectivity index (χ1v) is 6.14. The Balaban J connectivity index is 1.94. The number of para-hydroxylation sites is 1. The molecule has 1 aromatic heterocycles. The predicted octanol–water partition coefficient (Wildman–Crippen LogP) is 2.99. The fourth-order valence-corrected chi connectivity index (χ4v) is 2.29. The summed E-state index contributed by atoms with van der Waals surface area (Å²) in [5.74, 6) is 0.896. The zero-order chi connectivity index (χ0) is 13.1. The van der Waals surface area contributed by atoms with Crippen LogP contribution in [0.1, 0.15) is 11.3 Å². The summed E-state index contributed by atoms with van der Waals surface area (Å²) in [5.41, 5.74) is 2.80. The number of nitrogens with zero attached hydrogens (tertiary/aromatic N) is 2. The maximum Gasteiger partial charge on any atom is 0.131 e. The molecule has 0 fully saturated rings. The molecule has 1 aliphatic heterocycles. The molecule has 0 bridgehead atoms. The minimum absolute atomic E-state index is 0.132. The van der Waals surface area contributed by atoms with Gasteiger partial charge in [-0.3, -0.25) is 4.98 Å². The number of hydrogen-bond donors (Lipinski definition) is 0. The van der Waals surface area contributed by atoms with E-state index in [0.29, 0.717) is 0 Å². The van der Waals surface area contributed by atoms with Gasteiger partial charge in [0.05, 0.1) is 11.8 Å². The molecule has 1 atom stereocenters. The summed E-state index contributed by atoms with van der Waals surface area (Å²) in [7, 11) is 0. The number of nitriles is 1. The smallest absolute Gasteiger partial charge is 0.131 e. The largest absolute Gasteiger partial charge is 0.485 e. The van der Waals surface area contributed by atoms with Gasteiger partial charge in [-0.2, -0.15) is 5.26 Å². The molecule has 2 heterocycles. The van der Waals surface area contributed by atoms with Crippen molar-refractivity contribution < 1.29 is 4.74 Å². The van der Waals surface area contributed by atoms with Crippen molar-refractivity contribution >= 4 is 5.57 Å². The van der Waals surface area contributed by atoms with Gasteiger partial charge in [0.1, 0.15) is 11.9 Å². The van der Waals surface area contributed by atoms with Crippen LogP contribution < -0.4 is 4.74 Å². The van der Waals surface area contributed by atoms with Crippen LogP contribution in [-0.4, -0.2) is 11.1 Å². The second-order valence-corrected chi connectivity index (χ2v) is 4.36. The van der Waals surface area contributed by atoms with Crippen molar-refractivity contribution in [2.75, 3.05) is 0 Å². The average Bonchev–Trinajstić information content (AvgIpc) is 2.89. The number of pyridine rings is 1. The van der Waals surface area contributed by atoms with Crippen LogP contribution in [0.5, 0.6) is 5.75 Å². The third kappa shape index (κ3) is 2.21. The zero-order valence-electron chi connectivity index (χ0n) is 10.3. The lowest BCUT2D eigenvalue weighted by molar-refractivity contribution is 0.292. The Bertz CT molecular complexity index is 631.